The van der Waals surface area contributed by atoms with E-state index in [0.717, 1.165) is 31.6 Å². The summed E-state index contributed by atoms with van der Waals surface area (Å²) < 4.78 is 15.9. The third-order valence-electron chi connectivity index (χ3n) is 5.47. The SMILES string of the molecule is CCOC(=O)[C@H](CC(C)C)NC(=O)c1ccc(N2CCC(C(OC)OC)CC2)cc1. The summed E-state index contributed by atoms with van der Waals surface area (Å²) in [6.45, 7) is 7.91. The number of hydrogen-bond acceptors (Lipinski definition) is 6. The Hall–Kier alpha value is -2.12. The predicted molar refractivity (Wildman–Crippen MR) is 117 cm³/mol. The molecule has 1 aromatic rings. The topological polar surface area (TPSA) is 77.1 Å². The van der Waals surface area contributed by atoms with Crippen LogP contribution in [-0.2, 0) is 19.0 Å². The number of ether oxygens (including phenoxy) is 3. The van der Waals surface area contributed by atoms with Gasteiger partial charge in [0.05, 0.1) is 6.61 Å². The fourth-order valence-electron chi connectivity index (χ4n) is 3.90. The molecule has 0 saturated carbocycles. The molecule has 1 saturated heterocycles. The lowest BCUT2D eigenvalue weighted by Crippen LogP contribution is -2.42. The van der Waals surface area contributed by atoms with Crippen LogP contribution in [0.1, 0.15) is 50.4 Å². The third kappa shape index (κ3) is 6.71. The number of benzene rings is 1. The van der Waals surface area contributed by atoms with Crippen LogP contribution in [0.2, 0.25) is 0 Å². The molecule has 1 atom stereocenters. The Labute approximate surface area is 180 Å². The second kappa shape index (κ2) is 11.9. The summed E-state index contributed by atoms with van der Waals surface area (Å²) in [6.07, 6.45) is 2.37. The molecule has 0 radical (unpaired) electrons. The van der Waals surface area contributed by atoms with Crippen LogP contribution in [0.4, 0.5) is 5.69 Å². The molecule has 0 aromatic heterocycles. The highest BCUT2D eigenvalue weighted by Gasteiger charge is 2.27. The van der Waals surface area contributed by atoms with E-state index in [1.54, 1.807) is 33.3 Å². The molecule has 0 spiro atoms. The molecule has 2 rings (SSSR count). The van der Waals surface area contributed by atoms with Crippen molar-refractivity contribution in [2.75, 3.05) is 38.8 Å². The quantitative estimate of drug-likeness (QED) is 0.463. The zero-order chi connectivity index (χ0) is 22.1. The second-order valence-corrected chi connectivity index (χ2v) is 8.12. The standard InChI is InChI=1S/C23H36N2O5/c1-6-30-22(27)20(15-16(2)3)24-21(26)17-7-9-19(10-8-17)25-13-11-18(12-14-25)23(28-4)29-5/h7-10,16,18,20,23H,6,11-15H2,1-5H3,(H,24,26)/t20-/m0/s1. The third-order valence-corrected chi connectivity index (χ3v) is 5.47. The second-order valence-electron chi connectivity index (χ2n) is 8.12. The highest BCUT2D eigenvalue weighted by atomic mass is 16.7. The Kier molecular flexibility index (Phi) is 9.59. The first kappa shape index (κ1) is 24.2. The normalized spacial score (nSPS) is 16.0. The lowest BCUT2D eigenvalue weighted by molar-refractivity contribution is -0.145. The van der Waals surface area contributed by atoms with E-state index in [9.17, 15) is 9.59 Å². The number of nitrogens with zero attached hydrogens (tertiary/aromatic N) is 1. The molecule has 1 heterocycles. The zero-order valence-electron chi connectivity index (χ0n) is 18.8. The van der Waals surface area contributed by atoms with Gasteiger partial charge in [0.15, 0.2) is 6.29 Å². The smallest absolute Gasteiger partial charge is 0.328 e. The molecular weight excluding hydrogens is 384 g/mol. The molecule has 1 aliphatic heterocycles. The van der Waals surface area contributed by atoms with E-state index in [1.807, 2.05) is 26.0 Å². The molecule has 1 aromatic carbocycles. The van der Waals surface area contributed by atoms with Gasteiger partial charge in [-0.1, -0.05) is 13.8 Å². The maximum absolute atomic E-state index is 12.7. The predicted octanol–water partition coefficient (Wildman–Crippen LogP) is 3.23. The molecule has 0 unspecified atom stereocenters. The van der Waals surface area contributed by atoms with E-state index in [-0.39, 0.29) is 24.1 Å². The number of nitrogens with one attached hydrogen (secondary N) is 1. The summed E-state index contributed by atoms with van der Waals surface area (Å²) in [5, 5.41) is 2.82. The van der Waals surface area contributed by atoms with Crippen LogP contribution in [0.3, 0.4) is 0 Å². The van der Waals surface area contributed by atoms with Gasteiger partial charge in [-0.2, -0.15) is 0 Å². The highest BCUT2D eigenvalue weighted by Crippen LogP contribution is 2.27. The summed E-state index contributed by atoms with van der Waals surface area (Å²) >= 11 is 0. The molecule has 1 fully saturated rings. The number of anilines is 1. The number of hydrogen-bond donors (Lipinski definition) is 1. The van der Waals surface area contributed by atoms with Gasteiger partial charge in [0.2, 0.25) is 0 Å². The van der Waals surface area contributed by atoms with Gasteiger partial charge in [-0.05, 0) is 56.4 Å². The molecule has 0 aliphatic carbocycles. The fourth-order valence-corrected chi connectivity index (χ4v) is 3.90. The zero-order valence-corrected chi connectivity index (χ0v) is 18.8. The van der Waals surface area contributed by atoms with E-state index < -0.39 is 6.04 Å². The van der Waals surface area contributed by atoms with Gasteiger partial charge in [-0.25, -0.2) is 4.79 Å². The van der Waals surface area contributed by atoms with Crippen molar-refractivity contribution >= 4 is 17.6 Å². The minimum Gasteiger partial charge on any atom is -0.464 e. The number of rotatable bonds is 10. The maximum atomic E-state index is 12.7. The number of carbonyl (C=O) groups is 2. The first-order valence-corrected chi connectivity index (χ1v) is 10.8. The van der Waals surface area contributed by atoms with E-state index in [4.69, 9.17) is 14.2 Å². The van der Waals surface area contributed by atoms with Crippen molar-refractivity contribution in [3.8, 4) is 0 Å². The lowest BCUT2D eigenvalue weighted by Gasteiger charge is -2.36. The van der Waals surface area contributed by atoms with Gasteiger partial charge < -0.3 is 24.4 Å². The van der Waals surface area contributed by atoms with Crippen LogP contribution < -0.4 is 10.2 Å². The lowest BCUT2D eigenvalue weighted by atomic mass is 9.95. The fraction of sp³-hybridized carbons (Fsp3) is 0.652. The Bertz CT molecular complexity index is 665. The van der Waals surface area contributed by atoms with Crippen molar-refractivity contribution in [2.45, 2.75) is 52.4 Å². The van der Waals surface area contributed by atoms with Gasteiger partial charge in [-0.3, -0.25) is 4.79 Å². The molecule has 30 heavy (non-hydrogen) atoms. The molecule has 7 heteroatoms. The van der Waals surface area contributed by atoms with E-state index >= 15 is 0 Å². The number of carbonyl (C=O) groups excluding carboxylic acids is 2. The van der Waals surface area contributed by atoms with Gasteiger partial charge >= 0.3 is 5.97 Å². The Morgan fingerprint density at radius 1 is 1.10 bits per heavy atom. The number of esters is 1. The average molecular weight is 421 g/mol. The van der Waals surface area contributed by atoms with Gasteiger partial charge in [0.25, 0.3) is 5.91 Å². The van der Waals surface area contributed by atoms with Crippen molar-refractivity contribution < 1.29 is 23.8 Å². The molecule has 1 aliphatic rings. The van der Waals surface area contributed by atoms with Crippen molar-refractivity contribution in [3.63, 3.8) is 0 Å². The summed E-state index contributed by atoms with van der Waals surface area (Å²) in [5.41, 5.74) is 1.62. The monoisotopic (exact) mass is 420 g/mol. The first-order valence-electron chi connectivity index (χ1n) is 10.8. The van der Waals surface area contributed by atoms with Gasteiger partial charge in [-0.15, -0.1) is 0 Å². The van der Waals surface area contributed by atoms with Gasteiger partial charge in [0.1, 0.15) is 6.04 Å². The minimum atomic E-state index is -0.634. The average Bonchev–Trinajstić information content (AvgIpc) is 2.74. The molecule has 168 valence electrons. The maximum Gasteiger partial charge on any atom is 0.328 e. The molecule has 1 N–H and O–H groups in total. The van der Waals surface area contributed by atoms with Crippen molar-refractivity contribution in [1.82, 2.24) is 5.32 Å². The molecule has 0 bridgehead atoms. The van der Waals surface area contributed by atoms with Gasteiger partial charge in [0, 0.05) is 44.5 Å². The van der Waals surface area contributed by atoms with Crippen molar-refractivity contribution in [2.24, 2.45) is 11.8 Å². The summed E-state index contributed by atoms with van der Waals surface area (Å²) in [7, 11) is 3.36. The van der Waals surface area contributed by atoms with Crippen LogP contribution in [0, 0.1) is 11.8 Å². The molecule has 1 amide bonds. The summed E-state index contributed by atoms with van der Waals surface area (Å²) in [4.78, 5) is 27.1. The molecule has 7 nitrogen and oxygen atoms in total. The van der Waals surface area contributed by atoms with Crippen molar-refractivity contribution in [3.05, 3.63) is 29.8 Å². The van der Waals surface area contributed by atoms with Crippen LogP contribution in [0.5, 0.6) is 0 Å². The Morgan fingerprint density at radius 2 is 1.70 bits per heavy atom. The van der Waals surface area contributed by atoms with Crippen LogP contribution in [-0.4, -0.2) is 58.1 Å². The minimum absolute atomic E-state index is 0.156. The molecular formula is C23H36N2O5. The van der Waals surface area contributed by atoms with Crippen LogP contribution >= 0.6 is 0 Å². The first-order chi connectivity index (χ1) is 14.4. The summed E-state index contributed by atoms with van der Waals surface area (Å²) in [6, 6.07) is 6.90. The Balaban J connectivity index is 1.96. The number of piperidine rings is 1. The largest absolute Gasteiger partial charge is 0.464 e. The van der Waals surface area contributed by atoms with Crippen molar-refractivity contribution in [1.29, 1.82) is 0 Å². The number of methoxy groups -OCH3 is 2. The van der Waals surface area contributed by atoms with E-state index in [2.05, 4.69) is 10.2 Å². The Morgan fingerprint density at radius 3 is 2.20 bits per heavy atom. The van der Waals surface area contributed by atoms with E-state index in [0.29, 0.717) is 24.5 Å². The summed E-state index contributed by atoms with van der Waals surface area (Å²) in [5.74, 6) is 0.00865. The van der Waals surface area contributed by atoms with E-state index in [1.165, 1.54) is 0 Å². The number of amides is 1. The highest BCUT2D eigenvalue weighted by molar-refractivity contribution is 5.97. The van der Waals surface area contributed by atoms with Crippen LogP contribution in [0.15, 0.2) is 24.3 Å². The van der Waals surface area contributed by atoms with Crippen LogP contribution in [0.25, 0.3) is 0 Å².